The molecule has 2 aliphatic rings. The van der Waals surface area contributed by atoms with Crippen molar-refractivity contribution in [2.24, 2.45) is 0 Å². The van der Waals surface area contributed by atoms with Crippen LogP contribution >= 0.6 is 11.3 Å². The van der Waals surface area contributed by atoms with Gasteiger partial charge in [0.1, 0.15) is 17.6 Å². The molecule has 1 amide bonds. The molecule has 0 spiro atoms. The van der Waals surface area contributed by atoms with E-state index in [0.717, 1.165) is 18.8 Å². The van der Waals surface area contributed by atoms with Crippen LogP contribution in [0.1, 0.15) is 66.9 Å². The van der Waals surface area contributed by atoms with Gasteiger partial charge in [-0.05, 0) is 59.2 Å². The molecule has 0 radical (unpaired) electrons. The first kappa shape index (κ1) is 20.6. The Morgan fingerprint density at radius 2 is 1.72 bits per heavy atom. The van der Waals surface area contributed by atoms with Crippen LogP contribution in [0.4, 0.5) is 5.00 Å². The molecular weight excluding hydrogens is 378 g/mol. The highest BCUT2D eigenvalue weighted by molar-refractivity contribution is 7.16. The summed E-state index contributed by atoms with van der Waals surface area (Å²) in [6.07, 6.45) is 2.35. The highest BCUT2D eigenvalue weighted by atomic mass is 32.1. The van der Waals surface area contributed by atoms with Crippen LogP contribution in [0.25, 0.3) is 0 Å². The van der Waals surface area contributed by atoms with Crippen LogP contribution in [0.3, 0.4) is 0 Å². The number of nitrogens with zero attached hydrogens (tertiary/aromatic N) is 1. The summed E-state index contributed by atoms with van der Waals surface area (Å²) in [5, 5.41) is 3.71. The van der Waals surface area contributed by atoms with E-state index < -0.39 is 0 Å². The third kappa shape index (κ3) is 4.00. The molecule has 5 heteroatoms. The standard InChI is InChI=1S/C24H33N3OS/c1-16-17(2)29-22-20(16)14-26(19-12-23(3,4)25-24(5,6)13-19)15-27(22)21(28)18-10-8-7-9-11-18/h7-11,19,25H,12-15H2,1-6H3/p+2. The van der Waals surface area contributed by atoms with Crippen molar-refractivity contribution in [2.45, 2.75) is 78.0 Å². The molecule has 1 aromatic carbocycles. The molecule has 156 valence electrons. The second kappa shape index (κ2) is 7.22. The van der Waals surface area contributed by atoms with Crippen LogP contribution in [0.15, 0.2) is 30.3 Å². The number of aryl methyl sites for hydroxylation is 1. The van der Waals surface area contributed by atoms with Crippen molar-refractivity contribution >= 4 is 22.2 Å². The van der Waals surface area contributed by atoms with Gasteiger partial charge in [-0.2, -0.15) is 0 Å². The van der Waals surface area contributed by atoms with Crippen LogP contribution in [0.2, 0.25) is 0 Å². The van der Waals surface area contributed by atoms with Gasteiger partial charge in [-0.3, -0.25) is 9.69 Å². The van der Waals surface area contributed by atoms with Gasteiger partial charge in [0, 0.05) is 16.0 Å². The number of rotatable bonds is 2. The number of nitrogens with two attached hydrogens (primary N) is 1. The zero-order chi connectivity index (χ0) is 21.0. The van der Waals surface area contributed by atoms with Gasteiger partial charge < -0.3 is 10.2 Å². The van der Waals surface area contributed by atoms with Crippen molar-refractivity contribution in [1.29, 1.82) is 0 Å². The monoisotopic (exact) mass is 413 g/mol. The smallest absolute Gasteiger partial charge is 0.263 e. The summed E-state index contributed by atoms with van der Waals surface area (Å²) in [4.78, 5) is 18.4. The number of quaternary nitrogens is 2. The number of benzene rings is 1. The Morgan fingerprint density at radius 1 is 1.10 bits per heavy atom. The fourth-order valence-corrected chi connectivity index (χ4v) is 6.79. The maximum absolute atomic E-state index is 13.5. The average molecular weight is 414 g/mol. The molecule has 2 aliphatic heterocycles. The summed E-state index contributed by atoms with van der Waals surface area (Å²) < 4.78 is 0. The van der Waals surface area contributed by atoms with Crippen LogP contribution in [0, 0.1) is 13.8 Å². The van der Waals surface area contributed by atoms with Gasteiger partial charge in [-0.15, -0.1) is 11.3 Å². The predicted octanol–water partition coefficient (Wildman–Crippen LogP) is 2.65. The molecule has 1 fully saturated rings. The second-order valence-electron chi connectivity index (χ2n) is 10.4. The number of piperidine rings is 1. The third-order valence-electron chi connectivity index (χ3n) is 6.67. The molecule has 0 aliphatic carbocycles. The highest BCUT2D eigenvalue weighted by Crippen LogP contribution is 2.37. The Bertz CT molecular complexity index is 900. The van der Waals surface area contributed by atoms with Gasteiger partial charge in [0.2, 0.25) is 0 Å². The normalized spacial score (nSPS) is 23.7. The van der Waals surface area contributed by atoms with E-state index >= 15 is 0 Å². The van der Waals surface area contributed by atoms with Crippen LogP contribution < -0.4 is 15.1 Å². The minimum atomic E-state index is 0.131. The lowest BCUT2D eigenvalue weighted by atomic mass is 9.79. The molecule has 1 atom stereocenters. The lowest BCUT2D eigenvalue weighted by Gasteiger charge is -2.46. The molecular formula is C24H35N3OS+2. The molecule has 1 saturated heterocycles. The number of nitrogens with one attached hydrogen (secondary N) is 1. The molecule has 3 N–H and O–H groups in total. The Hall–Kier alpha value is -1.69. The van der Waals surface area contributed by atoms with Gasteiger partial charge in [-0.25, -0.2) is 0 Å². The zero-order valence-corrected chi connectivity index (χ0v) is 19.5. The van der Waals surface area contributed by atoms with Crippen molar-refractivity contribution < 1.29 is 15.0 Å². The number of thiophene rings is 1. The largest absolute Gasteiger partial charge is 0.337 e. The number of carbonyl (C=O) groups excluding carboxylic acids is 1. The van der Waals surface area contributed by atoms with E-state index in [1.165, 1.54) is 38.7 Å². The summed E-state index contributed by atoms with van der Waals surface area (Å²) in [6.45, 7) is 15.7. The summed E-state index contributed by atoms with van der Waals surface area (Å²) in [5.74, 6) is 0.131. The SMILES string of the molecule is Cc1sc2c(c1C)C[NH+](C1CC(C)(C)[NH2+]C(C)(C)C1)CN2C(=O)c1ccccc1. The quantitative estimate of drug-likeness (QED) is 0.781. The van der Waals surface area contributed by atoms with E-state index in [1.54, 1.807) is 11.3 Å². The predicted molar refractivity (Wildman–Crippen MR) is 120 cm³/mol. The van der Waals surface area contributed by atoms with Crippen molar-refractivity contribution in [2.75, 3.05) is 11.6 Å². The van der Waals surface area contributed by atoms with E-state index in [9.17, 15) is 4.79 Å². The van der Waals surface area contributed by atoms with Crippen molar-refractivity contribution in [1.82, 2.24) is 0 Å². The number of hydrogen-bond donors (Lipinski definition) is 2. The first-order valence-corrected chi connectivity index (χ1v) is 11.6. The fraction of sp³-hybridized carbons (Fsp3) is 0.542. The number of anilines is 1. The molecule has 1 aromatic heterocycles. The van der Waals surface area contributed by atoms with Gasteiger partial charge in [0.25, 0.3) is 5.91 Å². The van der Waals surface area contributed by atoms with Crippen molar-refractivity contribution in [3.63, 3.8) is 0 Å². The first-order chi connectivity index (χ1) is 13.6. The van der Waals surface area contributed by atoms with Crippen LogP contribution in [0.5, 0.6) is 0 Å². The Balaban J connectivity index is 1.70. The summed E-state index contributed by atoms with van der Waals surface area (Å²) in [7, 11) is 0. The number of hydrogen-bond acceptors (Lipinski definition) is 2. The second-order valence-corrected chi connectivity index (χ2v) is 11.6. The minimum absolute atomic E-state index is 0.131. The fourth-order valence-electron chi connectivity index (χ4n) is 5.62. The molecule has 0 bridgehead atoms. The molecule has 29 heavy (non-hydrogen) atoms. The summed E-state index contributed by atoms with van der Waals surface area (Å²) >= 11 is 1.78. The van der Waals surface area contributed by atoms with Gasteiger partial charge in [-0.1, -0.05) is 18.2 Å². The van der Waals surface area contributed by atoms with E-state index in [-0.39, 0.29) is 17.0 Å². The van der Waals surface area contributed by atoms with Crippen molar-refractivity contribution in [3.8, 4) is 0 Å². The Labute approximate surface area is 178 Å². The van der Waals surface area contributed by atoms with Crippen LogP contribution in [-0.4, -0.2) is 29.7 Å². The van der Waals surface area contributed by atoms with Gasteiger partial charge in [0.05, 0.1) is 23.9 Å². The molecule has 2 aromatic rings. The van der Waals surface area contributed by atoms with Crippen molar-refractivity contribution in [3.05, 3.63) is 51.9 Å². The first-order valence-electron chi connectivity index (χ1n) is 10.7. The van der Waals surface area contributed by atoms with Gasteiger partial charge >= 0.3 is 0 Å². The van der Waals surface area contributed by atoms with Crippen LogP contribution in [-0.2, 0) is 6.54 Å². The lowest BCUT2D eigenvalue weighted by molar-refractivity contribution is -0.954. The van der Waals surface area contributed by atoms with E-state index in [2.05, 4.69) is 51.8 Å². The maximum atomic E-state index is 13.5. The average Bonchev–Trinajstić information content (AvgIpc) is 2.93. The molecule has 4 rings (SSSR count). The number of carbonyl (C=O) groups is 1. The molecule has 0 saturated carbocycles. The van der Waals surface area contributed by atoms with Gasteiger partial charge in [0.15, 0.2) is 6.67 Å². The topological polar surface area (TPSA) is 41.4 Å². The number of fused-ring (bicyclic) bond motifs is 1. The molecule has 4 nitrogen and oxygen atoms in total. The Morgan fingerprint density at radius 3 is 2.34 bits per heavy atom. The zero-order valence-electron chi connectivity index (χ0n) is 18.6. The lowest BCUT2D eigenvalue weighted by Crippen LogP contribution is -3.20. The number of amides is 1. The minimum Gasteiger partial charge on any atom is -0.337 e. The highest BCUT2D eigenvalue weighted by Gasteiger charge is 2.47. The van der Waals surface area contributed by atoms with E-state index in [1.807, 2.05) is 30.3 Å². The van der Waals surface area contributed by atoms with E-state index in [0.29, 0.717) is 6.04 Å². The Kier molecular flexibility index (Phi) is 5.12. The molecule has 1 unspecified atom stereocenters. The van der Waals surface area contributed by atoms with E-state index in [4.69, 9.17) is 0 Å². The third-order valence-corrected chi connectivity index (χ3v) is 7.94. The maximum Gasteiger partial charge on any atom is 0.263 e. The summed E-state index contributed by atoms with van der Waals surface area (Å²) in [5.41, 5.74) is 3.99. The molecule has 3 heterocycles. The summed E-state index contributed by atoms with van der Waals surface area (Å²) in [6, 6.07) is 10.3.